The smallest absolute Gasteiger partial charge is 0.203 e. The average Bonchev–Trinajstić information content (AvgIpc) is 3.11. The maximum absolute atomic E-state index is 5.59. The second-order valence-electron chi connectivity index (χ2n) is 6.04. The molecule has 2 aromatic carbocycles. The van der Waals surface area contributed by atoms with Gasteiger partial charge in [-0.2, -0.15) is 5.10 Å². The fourth-order valence-electron chi connectivity index (χ4n) is 2.83. The number of rotatable bonds is 7. The van der Waals surface area contributed by atoms with E-state index in [0.717, 1.165) is 22.0 Å². The summed E-state index contributed by atoms with van der Waals surface area (Å²) in [6.07, 6.45) is 1.71. The van der Waals surface area contributed by atoms with Crippen LogP contribution in [0.3, 0.4) is 0 Å². The van der Waals surface area contributed by atoms with Crippen LogP contribution in [0.2, 0.25) is 0 Å². The molecule has 3 rings (SSSR count). The van der Waals surface area contributed by atoms with E-state index in [1.165, 1.54) is 22.5 Å². The van der Waals surface area contributed by atoms with E-state index >= 15 is 0 Å². The lowest BCUT2D eigenvalue weighted by molar-refractivity contribution is 0.311. The van der Waals surface area contributed by atoms with Crippen molar-refractivity contribution in [3.8, 4) is 22.8 Å². The molecule has 5 nitrogen and oxygen atoms in total. The fourth-order valence-corrected chi connectivity index (χ4v) is 3.49. The highest BCUT2D eigenvalue weighted by Crippen LogP contribution is 2.30. The molecular formula is C21H23N3O2S. The third-order valence-electron chi connectivity index (χ3n) is 4.04. The van der Waals surface area contributed by atoms with Gasteiger partial charge >= 0.3 is 0 Å². The number of anilines is 1. The van der Waals surface area contributed by atoms with Gasteiger partial charge in [0.25, 0.3) is 0 Å². The van der Waals surface area contributed by atoms with Gasteiger partial charge in [0.15, 0.2) is 11.5 Å². The van der Waals surface area contributed by atoms with Crippen molar-refractivity contribution in [2.45, 2.75) is 20.8 Å². The number of ether oxygens (including phenoxy) is 2. The van der Waals surface area contributed by atoms with Crippen molar-refractivity contribution >= 4 is 22.7 Å². The fraction of sp³-hybridized carbons (Fsp3) is 0.238. The van der Waals surface area contributed by atoms with Gasteiger partial charge in [-0.15, -0.1) is 11.3 Å². The second kappa shape index (κ2) is 8.68. The first-order valence-corrected chi connectivity index (χ1v) is 9.62. The molecule has 0 saturated carbocycles. The molecule has 140 valence electrons. The lowest BCUT2D eigenvalue weighted by Crippen LogP contribution is -1.99. The molecule has 0 saturated heterocycles. The van der Waals surface area contributed by atoms with E-state index in [2.05, 4.69) is 47.6 Å². The van der Waals surface area contributed by atoms with Gasteiger partial charge in [-0.05, 0) is 38.5 Å². The van der Waals surface area contributed by atoms with Crippen LogP contribution in [-0.4, -0.2) is 24.9 Å². The third kappa shape index (κ3) is 4.46. The molecule has 0 aliphatic heterocycles. The molecule has 0 spiro atoms. The standard InChI is InChI=1S/C21H23N3O2S/c1-5-26-19-8-6-7-16(20(19)25-4)12-22-24-21-23-18(13-27-21)17-10-9-14(2)11-15(17)3/h6-13H,5H2,1-4H3,(H,23,24)/b22-12-. The summed E-state index contributed by atoms with van der Waals surface area (Å²) in [5.74, 6) is 1.37. The summed E-state index contributed by atoms with van der Waals surface area (Å²) in [4.78, 5) is 4.63. The van der Waals surface area contributed by atoms with Crippen molar-refractivity contribution in [3.05, 3.63) is 58.5 Å². The van der Waals surface area contributed by atoms with Gasteiger partial charge in [0.1, 0.15) is 0 Å². The van der Waals surface area contributed by atoms with Crippen LogP contribution in [0.4, 0.5) is 5.13 Å². The predicted octanol–water partition coefficient (Wildman–Crippen LogP) is 5.28. The quantitative estimate of drug-likeness (QED) is 0.447. The van der Waals surface area contributed by atoms with E-state index in [0.29, 0.717) is 18.1 Å². The van der Waals surface area contributed by atoms with Crippen LogP contribution in [0.25, 0.3) is 11.3 Å². The van der Waals surface area contributed by atoms with Gasteiger partial charge in [0.05, 0.1) is 25.6 Å². The number of nitrogens with one attached hydrogen (secondary N) is 1. The highest BCUT2D eigenvalue weighted by molar-refractivity contribution is 7.14. The SMILES string of the molecule is CCOc1cccc(/C=N\Nc2nc(-c3ccc(C)cc3C)cs2)c1OC. The van der Waals surface area contributed by atoms with Crippen molar-refractivity contribution in [1.29, 1.82) is 0 Å². The van der Waals surface area contributed by atoms with E-state index in [-0.39, 0.29) is 0 Å². The first-order valence-electron chi connectivity index (χ1n) is 8.74. The van der Waals surface area contributed by atoms with E-state index in [1.807, 2.05) is 30.5 Å². The zero-order valence-electron chi connectivity index (χ0n) is 15.9. The Morgan fingerprint density at radius 1 is 1.22 bits per heavy atom. The number of para-hydroxylation sites is 1. The lowest BCUT2D eigenvalue weighted by atomic mass is 10.0. The van der Waals surface area contributed by atoms with Crippen molar-refractivity contribution in [1.82, 2.24) is 4.98 Å². The monoisotopic (exact) mass is 381 g/mol. The van der Waals surface area contributed by atoms with Gasteiger partial charge in [0.2, 0.25) is 5.13 Å². The van der Waals surface area contributed by atoms with E-state index in [9.17, 15) is 0 Å². The number of aromatic nitrogens is 1. The summed E-state index contributed by atoms with van der Waals surface area (Å²) in [5.41, 5.74) is 8.39. The Balaban J connectivity index is 1.74. The van der Waals surface area contributed by atoms with Crippen molar-refractivity contribution in [2.75, 3.05) is 19.1 Å². The predicted molar refractivity (Wildman–Crippen MR) is 112 cm³/mol. The van der Waals surface area contributed by atoms with Gasteiger partial charge in [-0.3, -0.25) is 5.43 Å². The molecular weight excluding hydrogens is 358 g/mol. The number of hydrazone groups is 1. The lowest BCUT2D eigenvalue weighted by Gasteiger charge is -2.11. The molecule has 0 bridgehead atoms. The number of hydrogen-bond acceptors (Lipinski definition) is 6. The second-order valence-corrected chi connectivity index (χ2v) is 6.90. The normalized spacial score (nSPS) is 11.0. The number of nitrogens with zero attached hydrogens (tertiary/aromatic N) is 2. The van der Waals surface area contributed by atoms with E-state index in [1.54, 1.807) is 13.3 Å². The highest BCUT2D eigenvalue weighted by atomic mass is 32.1. The Morgan fingerprint density at radius 3 is 2.81 bits per heavy atom. The van der Waals surface area contributed by atoms with Gasteiger partial charge < -0.3 is 9.47 Å². The Hall–Kier alpha value is -2.86. The highest BCUT2D eigenvalue weighted by Gasteiger charge is 2.09. The Labute approximate surface area is 163 Å². The van der Waals surface area contributed by atoms with Crippen LogP contribution < -0.4 is 14.9 Å². The molecule has 1 aromatic heterocycles. The summed E-state index contributed by atoms with van der Waals surface area (Å²) in [5, 5.41) is 7.07. The van der Waals surface area contributed by atoms with E-state index < -0.39 is 0 Å². The molecule has 0 fully saturated rings. The maximum Gasteiger partial charge on any atom is 0.203 e. The van der Waals surface area contributed by atoms with Crippen LogP contribution in [0.15, 0.2) is 46.9 Å². The van der Waals surface area contributed by atoms with E-state index in [4.69, 9.17) is 9.47 Å². The first kappa shape index (κ1) is 18.9. The van der Waals surface area contributed by atoms with Crippen LogP contribution >= 0.6 is 11.3 Å². The third-order valence-corrected chi connectivity index (χ3v) is 4.79. The molecule has 1 heterocycles. The van der Waals surface area contributed by atoms with Crippen molar-refractivity contribution in [3.63, 3.8) is 0 Å². The Morgan fingerprint density at radius 2 is 2.07 bits per heavy atom. The average molecular weight is 382 g/mol. The minimum Gasteiger partial charge on any atom is -0.492 e. The zero-order chi connectivity index (χ0) is 19.2. The first-order chi connectivity index (χ1) is 13.1. The number of methoxy groups -OCH3 is 1. The number of benzene rings is 2. The zero-order valence-corrected chi connectivity index (χ0v) is 16.8. The van der Waals surface area contributed by atoms with Gasteiger partial charge in [-0.1, -0.05) is 29.8 Å². The van der Waals surface area contributed by atoms with Crippen LogP contribution in [0.5, 0.6) is 11.5 Å². The Bertz CT molecular complexity index is 950. The summed E-state index contributed by atoms with van der Waals surface area (Å²) in [7, 11) is 1.62. The number of aryl methyl sites for hydroxylation is 2. The van der Waals surface area contributed by atoms with Crippen molar-refractivity contribution < 1.29 is 9.47 Å². The molecule has 0 aliphatic carbocycles. The molecule has 27 heavy (non-hydrogen) atoms. The van der Waals surface area contributed by atoms with Crippen molar-refractivity contribution in [2.24, 2.45) is 5.10 Å². The number of thiazole rings is 1. The molecule has 6 heteroatoms. The maximum atomic E-state index is 5.59. The van der Waals surface area contributed by atoms with Gasteiger partial charge in [0, 0.05) is 16.5 Å². The van der Waals surface area contributed by atoms with Crippen LogP contribution in [-0.2, 0) is 0 Å². The molecule has 1 N–H and O–H groups in total. The summed E-state index contributed by atoms with van der Waals surface area (Å²) in [6, 6.07) is 12.1. The van der Waals surface area contributed by atoms with Crippen LogP contribution in [0, 0.1) is 13.8 Å². The molecule has 0 atom stereocenters. The number of hydrogen-bond donors (Lipinski definition) is 1. The summed E-state index contributed by atoms with van der Waals surface area (Å²) < 4.78 is 11.0. The summed E-state index contributed by atoms with van der Waals surface area (Å²) >= 11 is 1.52. The molecule has 0 aliphatic rings. The van der Waals surface area contributed by atoms with Crippen LogP contribution in [0.1, 0.15) is 23.6 Å². The molecule has 0 radical (unpaired) electrons. The molecule has 0 amide bonds. The molecule has 0 unspecified atom stereocenters. The summed E-state index contributed by atoms with van der Waals surface area (Å²) in [6.45, 7) is 6.71. The topological polar surface area (TPSA) is 55.7 Å². The van der Waals surface area contributed by atoms with Gasteiger partial charge in [-0.25, -0.2) is 4.98 Å². The minimum atomic E-state index is 0.579. The largest absolute Gasteiger partial charge is 0.492 e. The Kier molecular flexibility index (Phi) is 6.08. The molecule has 3 aromatic rings. The minimum absolute atomic E-state index is 0.579.